The van der Waals surface area contributed by atoms with E-state index in [0.717, 1.165) is 5.56 Å². The van der Waals surface area contributed by atoms with Crippen LogP contribution in [0.4, 0.5) is 0 Å². The van der Waals surface area contributed by atoms with Crippen molar-refractivity contribution < 1.29 is 34.2 Å². The van der Waals surface area contributed by atoms with Gasteiger partial charge in [0, 0.05) is 17.4 Å². The molecule has 184 valence electrons. The summed E-state index contributed by atoms with van der Waals surface area (Å²) in [5.74, 6) is -10.2. The third kappa shape index (κ3) is 3.51. The number of phenolic OH excluding ortho intramolecular Hbond substituents is 1. The lowest BCUT2D eigenvalue weighted by Gasteiger charge is -2.48. The van der Waals surface area contributed by atoms with Crippen LogP contribution in [0.25, 0.3) is 12.2 Å². The van der Waals surface area contributed by atoms with Gasteiger partial charge in [-0.05, 0) is 53.6 Å². The summed E-state index contributed by atoms with van der Waals surface area (Å²) in [7, 11) is 0. The molecule has 0 spiro atoms. The molecule has 2 aromatic rings. The Morgan fingerprint density at radius 1 is 1.00 bits per heavy atom. The molecule has 36 heavy (non-hydrogen) atoms. The topological polar surface area (TPSA) is 152 Å². The van der Waals surface area contributed by atoms with Crippen LogP contribution in [0.15, 0.2) is 36.4 Å². The van der Waals surface area contributed by atoms with E-state index in [4.69, 9.17) is 17.3 Å². The third-order valence-corrected chi connectivity index (χ3v) is 7.90. The molecule has 2 fully saturated rings. The zero-order valence-electron chi connectivity index (χ0n) is 18.9. The number of aromatic hydroxyl groups is 1. The van der Waals surface area contributed by atoms with E-state index < -0.39 is 58.3 Å². The summed E-state index contributed by atoms with van der Waals surface area (Å²) >= 11 is 5.93. The van der Waals surface area contributed by atoms with Crippen molar-refractivity contribution in [3.63, 3.8) is 0 Å². The summed E-state index contributed by atoms with van der Waals surface area (Å²) in [6, 6.07) is 10.2. The van der Waals surface area contributed by atoms with E-state index in [1.807, 2.05) is 18.2 Å². The number of carbonyl (C=O) groups excluding carboxylic acids is 5. The van der Waals surface area contributed by atoms with Crippen molar-refractivity contribution in [1.29, 1.82) is 0 Å². The van der Waals surface area contributed by atoms with Crippen LogP contribution >= 0.6 is 11.6 Å². The standard InChI is InChI=1S/C27H22ClNO7/c28-16-6-2-12(3-7-16)1-4-13-5-8-18(30)21-17(13)10-14-9-15-11-19(31)22(26(29)35)25(34)27(15,36)24(33)20(14)23(21)32/h1-8,14-15,20,22,30,36H,9-11H2,(H2,29,35)/b4-1+/t14-,15+,20?,22?,27+/m1/s1. The second-order valence-electron chi connectivity index (χ2n) is 9.65. The van der Waals surface area contributed by atoms with E-state index in [2.05, 4.69) is 0 Å². The Morgan fingerprint density at radius 3 is 2.36 bits per heavy atom. The van der Waals surface area contributed by atoms with Crippen LogP contribution in [0.3, 0.4) is 0 Å². The summed E-state index contributed by atoms with van der Waals surface area (Å²) in [6.45, 7) is 0. The molecule has 4 N–H and O–H groups in total. The number of Topliss-reactive ketones (excluding diaryl/α,β-unsaturated/α-hetero) is 4. The molecule has 0 aliphatic heterocycles. The Labute approximate surface area is 210 Å². The van der Waals surface area contributed by atoms with Gasteiger partial charge >= 0.3 is 0 Å². The molecule has 0 bridgehead atoms. The predicted octanol–water partition coefficient (Wildman–Crippen LogP) is 2.15. The van der Waals surface area contributed by atoms with Gasteiger partial charge in [-0.15, -0.1) is 0 Å². The molecule has 2 saturated carbocycles. The monoisotopic (exact) mass is 507 g/mol. The average Bonchev–Trinajstić information content (AvgIpc) is 2.81. The van der Waals surface area contributed by atoms with Gasteiger partial charge in [-0.25, -0.2) is 0 Å². The molecule has 3 aliphatic rings. The number of phenols is 1. The lowest BCUT2D eigenvalue weighted by molar-refractivity contribution is -0.175. The van der Waals surface area contributed by atoms with Gasteiger partial charge in [0.1, 0.15) is 5.75 Å². The highest BCUT2D eigenvalue weighted by molar-refractivity contribution is 6.31. The van der Waals surface area contributed by atoms with E-state index in [1.54, 1.807) is 24.3 Å². The lowest BCUT2D eigenvalue weighted by atomic mass is 9.53. The van der Waals surface area contributed by atoms with Crippen LogP contribution in [-0.2, 0) is 25.6 Å². The number of halogens is 1. The summed E-state index contributed by atoms with van der Waals surface area (Å²) in [6.07, 6.45) is 3.53. The average molecular weight is 508 g/mol. The van der Waals surface area contributed by atoms with Crippen LogP contribution in [0.1, 0.15) is 39.9 Å². The smallest absolute Gasteiger partial charge is 0.235 e. The van der Waals surface area contributed by atoms with Crippen molar-refractivity contribution in [2.45, 2.75) is 24.9 Å². The van der Waals surface area contributed by atoms with Gasteiger partial charge in [-0.1, -0.05) is 42.0 Å². The summed E-state index contributed by atoms with van der Waals surface area (Å²) in [4.78, 5) is 64.2. The molecular weight excluding hydrogens is 486 g/mol. The fraction of sp³-hybridized carbons (Fsp3) is 0.296. The molecule has 3 aliphatic carbocycles. The van der Waals surface area contributed by atoms with Gasteiger partial charge < -0.3 is 15.9 Å². The number of primary amides is 1. The second kappa shape index (κ2) is 8.50. The van der Waals surface area contributed by atoms with Gasteiger partial charge in [-0.2, -0.15) is 0 Å². The maximum absolute atomic E-state index is 13.5. The van der Waals surface area contributed by atoms with Crippen molar-refractivity contribution in [2.24, 2.45) is 29.4 Å². The highest BCUT2D eigenvalue weighted by Crippen LogP contribution is 2.50. The normalized spacial score (nSPS) is 29.6. The maximum atomic E-state index is 13.5. The van der Waals surface area contributed by atoms with Crippen LogP contribution in [-0.4, -0.2) is 44.9 Å². The Kier molecular flexibility index (Phi) is 5.69. The van der Waals surface area contributed by atoms with Crippen LogP contribution in [0, 0.1) is 23.7 Å². The van der Waals surface area contributed by atoms with Gasteiger partial charge in [0.15, 0.2) is 34.7 Å². The zero-order valence-corrected chi connectivity index (χ0v) is 19.7. The molecule has 8 nitrogen and oxygen atoms in total. The molecule has 0 saturated heterocycles. The highest BCUT2D eigenvalue weighted by Gasteiger charge is 2.66. The number of fused-ring (bicyclic) bond motifs is 3. The van der Waals surface area contributed by atoms with Crippen LogP contribution < -0.4 is 5.73 Å². The van der Waals surface area contributed by atoms with Gasteiger partial charge in [0.25, 0.3) is 0 Å². The van der Waals surface area contributed by atoms with E-state index in [0.29, 0.717) is 16.1 Å². The van der Waals surface area contributed by atoms with E-state index >= 15 is 0 Å². The van der Waals surface area contributed by atoms with Crippen LogP contribution in [0.2, 0.25) is 5.02 Å². The SMILES string of the molecule is NC(=O)C1C(=O)C[C@@H]2C[C@@H]3Cc4c(/C=C/c5ccc(Cl)cc5)ccc(O)c4C(=O)C3C(=O)[C@]2(O)C1=O. The minimum Gasteiger partial charge on any atom is -0.507 e. The number of nitrogens with two attached hydrogens (primary N) is 1. The number of hydrogen-bond donors (Lipinski definition) is 3. The fourth-order valence-electron chi connectivity index (χ4n) is 5.91. The number of amides is 1. The Hall–Kier alpha value is -3.62. The van der Waals surface area contributed by atoms with Crippen LogP contribution in [0.5, 0.6) is 5.75 Å². The van der Waals surface area contributed by atoms with E-state index in [9.17, 15) is 34.2 Å². The number of carbonyl (C=O) groups is 5. The van der Waals surface area contributed by atoms with Gasteiger partial charge in [0.2, 0.25) is 5.91 Å². The molecular formula is C27H22ClNO7. The molecule has 2 aromatic carbocycles. The van der Waals surface area contributed by atoms with E-state index in [1.165, 1.54) is 6.07 Å². The molecule has 1 amide bonds. The van der Waals surface area contributed by atoms with Gasteiger partial charge in [0.05, 0.1) is 11.5 Å². The van der Waals surface area contributed by atoms with Crippen molar-refractivity contribution in [1.82, 2.24) is 0 Å². The predicted molar refractivity (Wildman–Crippen MR) is 129 cm³/mol. The Balaban J connectivity index is 1.54. The number of hydrogen-bond acceptors (Lipinski definition) is 7. The minimum atomic E-state index is -2.65. The number of benzene rings is 2. The molecule has 5 rings (SSSR count). The Morgan fingerprint density at radius 2 is 1.69 bits per heavy atom. The molecule has 0 heterocycles. The fourth-order valence-corrected chi connectivity index (χ4v) is 6.03. The van der Waals surface area contributed by atoms with Crippen molar-refractivity contribution >= 4 is 52.8 Å². The summed E-state index contributed by atoms with van der Waals surface area (Å²) in [5, 5.41) is 22.4. The van der Waals surface area contributed by atoms with Gasteiger partial charge in [-0.3, -0.25) is 24.0 Å². The molecule has 0 radical (unpaired) electrons. The molecule has 0 aromatic heterocycles. The minimum absolute atomic E-state index is 0.0318. The molecule has 9 heteroatoms. The van der Waals surface area contributed by atoms with Crippen molar-refractivity contribution in [3.05, 3.63) is 63.7 Å². The molecule has 2 unspecified atom stereocenters. The first-order valence-corrected chi connectivity index (χ1v) is 11.9. The van der Waals surface area contributed by atoms with E-state index in [-0.39, 0.29) is 30.6 Å². The van der Waals surface area contributed by atoms with Crippen molar-refractivity contribution in [3.8, 4) is 5.75 Å². The second-order valence-corrected chi connectivity index (χ2v) is 10.1. The quantitative estimate of drug-likeness (QED) is 0.425. The Bertz CT molecular complexity index is 1380. The first-order chi connectivity index (χ1) is 17.0. The highest BCUT2D eigenvalue weighted by atomic mass is 35.5. The zero-order chi connectivity index (χ0) is 25.9. The number of rotatable bonds is 3. The number of aliphatic hydroxyl groups is 1. The first-order valence-electron chi connectivity index (χ1n) is 11.5. The molecule has 5 atom stereocenters. The first kappa shape index (κ1) is 24.1. The largest absolute Gasteiger partial charge is 0.507 e. The summed E-state index contributed by atoms with van der Waals surface area (Å²) in [5.41, 5.74) is 4.60. The maximum Gasteiger partial charge on any atom is 0.235 e. The van der Waals surface area contributed by atoms with Crippen molar-refractivity contribution in [2.75, 3.05) is 0 Å². The number of ketones is 4. The lowest BCUT2D eigenvalue weighted by Crippen LogP contribution is -2.68. The summed E-state index contributed by atoms with van der Waals surface area (Å²) < 4.78 is 0. The third-order valence-electron chi connectivity index (χ3n) is 7.65.